The van der Waals surface area contributed by atoms with E-state index in [9.17, 15) is 9.59 Å². The van der Waals surface area contributed by atoms with Crippen molar-refractivity contribution in [3.8, 4) is 5.75 Å². The van der Waals surface area contributed by atoms with Crippen LogP contribution in [0.2, 0.25) is 0 Å². The van der Waals surface area contributed by atoms with Crippen molar-refractivity contribution in [1.29, 1.82) is 0 Å². The van der Waals surface area contributed by atoms with Gasteiger partial charge in [-0.2, -0.15) is 0 Å². The molecule has 35 heavy (non-hydrogen) atoms. The molecule has 0 radical (unpaired) electrons. The number of aromatic amines is 1. The van der Waals surface area contributed by atoms with Crippen molar-refractivity contribution in [2.75, 3.05) is 43.6 Å². The van der Waals surface area contributed by atoms with Gasteiger partial charge in [-0.1, -0.05) is 42.5 Å². The Morgan fingerprint density at radius 3 is 2.60 bits per heavy atom. The highest BCUT2D eigenvalue weighted by Crippen LogP contribution is 2.33. The molecule has 1 atom stereocenters. The van der Waals surface area contributed by atoms with Gasteiger partial charge < -0.3 is 19.9 Å². The zero-order chi connectivity index (χ0) is 24.4. The first-order chi connectivity index (χ1) is 17.0. The van der Waals surface area contributed by atoms with Crippen LogP contribution in [0.1, 0.15) is 17.0 Å². The number of aromatic nitrogens is 1. The number of nitrogens with zero attached hydrogens (tertiary/aromatic N) is 2. The number of para-hydroxylation sites is 3. The number of nitrogens with one attached hydrogen (secondary N) is 2. The van der Waals surface area contributed by atoms with Gasteiger partial charge in [0.15, 0.2) is 6.61 Å². The third kappa shape index (κ3) is 4.57. The first-order valence-electron chi connectivity index (χ1n) is 11.6. The summed E-state index contributed by atoms with van der Waals surface area (Å²) in [7, 11) is 4.02. The Hall–Kier alpha value is -4.26. The molecule has 0 spiro atoms. The maximum atomic E-state index is 13.0. The van der Waals surface area contributed by atoms with E-state index in [1.165, 1.54) is 4.90 Å². The third-order valence-corrected chi connectivity index (χ3v) is 6.42. The summed E-state index contributed by atoms with van der Waals surface area (Å²) in [6, 6.07) is 23.8. The second kappa shape index (κ2) is 9.54. The first-order valence-corrected chi connectivity index (χ1v) is 11.6. The van der Waals surface area contributed by atoms with Crippen molar-refractivity contribution in [3.63, 3.8) is 0 Å². The number of hydrogen-bond donors (Lipinski definition) is 2. The largest absolute Gasteiger partial charge is 0.482 e. The number of ether oxygens (including phenoxy) is 1. The van der Waals surface area contributed by atoms with E-state index in [2.05, 4.69) is 45.5 Å². The normalized spacial score (nSPS) is 13.8. The molecule has 0 saturated carbocycles. The molecule has 0 aliphatic carbocycles. The SMILES string of the molecule is CN(C)c1ccc([C@H](CNC(=O)CN2C(=O)COc3ccccc32)c2c[nH]c3ccccc23)cc1. The van der Waals surface area contributed by atoms with Gasteiger partial charge in [0.25, 0.3) is 5.91 Å². The average molecular weight is 469 g/mol. The van der Waals surface area contributed by atoms with Gasteiger partial charge in [0.05, 0.1) is 5.69 Å². The zero-order valence-corrected chi connectivity index (χ0v) is 19.8. The van der Waals surface area contributed by atoms with Crippen molar-refractivity contribution in [3.05, 3.63) is 90.1 Å². The smallest absolute Gasteiger partial charge is 0.265 e. The van der Waals surface area contributed by atoms with E-state index in [1.807, 2.05) is 50.6 Å². The quantitative estimate of drug-likeness (QED) is 0.431. The molecule has 7 heteroatoms. The molecule has 3 aromatic carbocycles. The predicted molar refractivity (Wildman–Crippen MR) is 138 cm³/mol. The van der Waals surface area contributed by atoms with Crippen LogP contribution >= 0.6 is 0 Å². The molecule has 7 nitrogen and oxygen atoms in total. The summed E-state index contributed by atoms with van der Waals surface area (Å²) in [4.78, 5) is 32.4. The van der Waals surface area contributed by atoms with Gasteiger partial charge in [-0.15, -0.1) is 0 Å². The predicted octanol–water partition coefficient (Wildman–Crippen LogP) is 3.91. The Balaban J connectivity index is 1.38. The number of anilines is 2. The van der Waals surface area contributed by atoms with Gasteiger partial charge in [-0.05, 0) is 41.5 Å². The molecule has 1 aliphatic heterocycles. The van der Waals surface area contributed by atoms with Crippen LogP contribution in [0.5, 0.6) is 5.75 Å². The monoisotopic (exact) mass is 468 g/mol. The topological polar surface area (TPSA) is 77.7 Å². The number of hydrogen-bond acceptors (Lipinski definition) is 4. The fraction of sp³-hybridized carbons (Fsp3) is 0.214. The van der Waals surface area contributed by atoms with Crippen LogP contribution in [-0.2, 0) is 9.59 Å². The Morgan fingerprint density at radius 2 is 1.80 bits per heavy atom. The van der Waals surface area contributed by atoms with Crippen LogP contribution in [0.15, 0.2) is 79.0 Å². The lowest BCUT2D eigenvalue weighted by Crippen LogP contribution is -2.45. The summed E-state index contributed by atoms with van der Waals surface area (Å²) in [6.07, 6.45) is 2.02. The maximum absolute atomic E-state index is 13.0. The van der Waals surface area contributed by atoms with Gasteiger partial charge >= 0.3 is 0 Å². The van der Waals surface area contributed by atoms with Gasteiger partial charge in [0, 0.05) is 49.3 Å². The van der Waals surface area contributed by atoms with Crippen molar-refractivity contribution < 1.29 is 14.3 Å². The summed E-state index contributed by atoms with van der Waals surface area (Å²) in [5.41, 5.74) is 5.00. The van der Waals surface area contributed by atoms with Crippen molar-refractivity contribution in [2.24, 2.45) is 0 Å². The zero-order valence-electron chi connectivity index (χ0n) is 19.8. The Bertz CT molecular complexity index is 1360. The summed E-state index contributed by atoms with van der Waals surface area (Å²) < 4.78 is 5.49. The molecule has 0 saturated heterocycles. The van der Waals surface area contributed by atoms with Crippen molar-refractivity contribution in [1.82, 2.24) is 10.3 Å². The highest BCUT2D eigenvalue weighted by Gasteiger charge is 2.27. The second-order valence-corrected chi connectivity index (χ2v) is 8.87. The van der Waals surface area contributed by atoms with Gasteiger partial charge in [0.2, 0.25) is 5.91 Å². The lowest BCUT2D eigenvalue weighted by molar-refractivity contribution is -0.125. The molecule has 0 bridgehead atoms. The van der Waals surface area contributed by atoms with E-state index in [0.29, 0.717) is 18.0 Å². The van der Waals surface area contributed by atoms with Gasteiger partial charge in [-0.25, -0.2) is 0 Å². The fourth-order valence-electron chi connectivity index (χ4n) is 4.54. The van der Waals surface area contributed by atoms with Crippen LogP contribution in [0.3, 0.4) is 0 Å². The van der Waals surface area contributed by atoms with Gasteiger partial charge in [-0.3, -0.25) is 14.5 Å². The van der Waals surface area contributed by atoms with E-state index in [-0.39, 0.29) is 30.9 Å². The molecular formula is C28H28N4O3. The van der Waals surface area contributed by atoms with E-state index < -0.39 is 0 Å². The minimum atomic E-state index is -0.230. The molecule has 1 aliphatic rings. The fourth-order valence-corrected chi connectivity index (χ4v) is 4.54. The summed E-state index contributed by atoms with van der Waals surface area (Å²) in [5, 5.41) is 4.20. The Labute approximate surface area is 204 Å². The van der Waals surface area contributed by atoms with E-state index in [0.717, 1.165) is 27.7 Å². The molecule has 2 N–H and O–H groups in total. The minimum absolute atomic E-state index is 0.0562. The number of carbonyl (C=O) groups is 2. The van der Waals surface area contributed by atoms with Crippen LogP contribution in [0, 0.1) is 0 Å². The summed E-state index contributed by atoms with van der Waals surface area (Å²) in [5.74, 6) is 0.104. The molecule has 178 valence electrons. The molecule has 2 heterocycles. The molecule has 1 aromatic heterocycles. The molecule has 5 rings (SSSR count). The number of H-pyrrole nitrogens is 1. The number of carbonyl (C=O) groups excluding carboxylic acids is 2. The highest BCUT2D eigenvalue weighted by atomic mass is 16.5. The van der Waals surface area contributed by atoms with Crippen LogP contribution in [0.25, 0.3) is 10.9 Å². The number of rotatable bonds is 7. The lowest BCUT2D eigenvalue weighted by atomic mass is 9.90. The standard InChI is InChI=1S/C28H28N4O3/c1-31(2)20-13-11-19(12-14-20)22(23-16-29-24-8-4-3-7-21(23)24)15-30-27(33)17-32-25-9-5-6-10-26(25)35-18-28(32)34/h3-14,16,22,29H,15,17-18H2,1-2H3,(H,30,33)/t22-/m0/s1. The van der Waals surface area contributed by atoms with Crippen LogP contribution in [0.4, 0.5) is 11.4 Å². The molecule has 4 aromatic rings. The van der Waals surface area contributed by atoms with Crippen molar-refractivity contribution in [2.45, 2.75) is 5.92 Å². The lowest BCUT2D eigenvalue weighted by Gasteiger charge is -2.29. The summed E-state index contributed by atoms with van der Waals surface area (Å²) in [6.45, 7) is 0.280. The van der Waals surface area contributed by atoms with Gasteiger partial charge in [0.1, 0.15) is 12.3 Å². The summed E-state index contributed by atoms with van der Waals surface area (Å²) >= 11 is 0. The number of fused-ring (bicyclic) bond motifs is 2. The van der Waals surface area contributed by atoms with Crippen LogP contribution < -0.4 is 19.9 Å². The molecule has 0 fully saturated rings. The van der Waals surface area contributed by atoms with Crippen molar-refractivity contribution >= 4 is 34.1 Å². The number of benzene rings is 3. The maximum Gasteiger partial charge on any atom is 0.265 e. The highest BCUT2D eigenvalue weighted by molar-refractivity contribution is 6.02. The Kier molecular flexibility index (Phi) is 6.14. The van der Waals surface area contributed by atoms with E-state index in [1.54, 1.807) is 12.1 Å². The third-order valence-electron chi connectivity index (χ3n) is 6.42. The van der Waals surface area contributed by atoms with E-state index in [4.69, 9.17) is 4.74 Å². The molecule has 2 amide bonds. The number of amides is 2. The van der Waals surface area contributed by atoms with E-state index >= 15 is 0 Å². The second-order valence-electron chi connectivity index (χ2n) is 8.87. The Morgan fingerprint density at radius 1 is 1.06 bits per heavy atom. The molecule has 0 unspecified atom stereocenters. The average Bonchev–Trinajstić information content (AvgIpc) is 3.30. The van der Waals surface area contributed by atoms with Crippen LogP contribution in [-0.4, -0.2) is 50.6 Å². The minimum Gasteiger partial charge on any atom is -0.482 e. The first kappa shape index (κ1) is 22.5. The molecular weight excluding hydrogens is 440 g/mol.